The number of alkyl halides is 1. The molecule has 0 radical (unpaired) electrons. The van der Waals surface area contributed by atoms with E-state index in [2.05, 4.69) is 9.97 Å². The summed E-state index contributed by atoms with van der Waals surface area (Å²) in [5.74, 6) is -7.60. The monoisotopic (exact) mass is 501 g/mol. The molecule has 1 aliphatic rings. The van der Waals surface area contributed by atoms with E-state index in [4.69, 9.17) is 0 Å². The first-order chi connectivity index (χ1) is 17.2. The van der Waals surface area contributed by atoms with E-state index in [0.717, 1.165) is 12.5 Å². The van der Waals surface area contributed by atoms with E-state index >= 15 is 17.6 Å². The maximum absolute atomic E-state index is 15.2. The molecule has 5 nitrogen and oxygen atoms in total. The molecule has 5 rings (SSSR count). The Morgan fingerprint density at radius 3 is 2.19 bits per heavy atom. The number of hydrogen-bond acceptors (Lipinski definition) is 3. The standard InChI is InChI=1S/C26H20F5N3O2/c1-12-32-17-10-15(9-16(26(35)36)25(17)33-12)20-23(30)21(28)19(22(29)24(20)31)14-6-4-13(5-7-14)11-34-8-2-3-18(34)27/h4-7,9-10,18H,2-3,8,11H2,1H3,(H,32,33)(H,35,36)/t18-/m0/s1. The van der Waals surface area contributed by atoms with Crippen molar-refractivity contribution in [3.63, 3.8) is 0 Å². The van der Waals surface area contributed by atoms with Gasteiger partial charge in [-0.05, 0) is 48.6 Å². The largest absolute Gasteiger partial charge is 0.478 e. The first-order valence-corrected chi connectivity index (χ1v) is 11.2. The number of imidazole rings is 1. The van der Waals surface area contributed by atoms with Gasteiger partial charge in [-0.2, -0.15) is 0 Å². The van der Waals surface area contributed by atoms with Gasteiger partial charge < -0.3 is 10.1 Å². The minimum absolute atomic E-state index is 0.0511. The van der Waals surface area contributed by atoms with Crippen molar-refractivity contribution < 1.29 is 31.9 Å². The number of carboxylic acids is 1. The maximum Gasteiger partial charge on any atom is 0.337 e. The summed E-state index contributed by atoms with van der Waals surface area (Å²) < 4.78 is 74.6. The van der Waals surface area contributed by atoms with Gasteiger partial charge in [-0.3, -0.25) is 4.90 Å². The van der Waals surface area contributed by atoms with Crippen molar-refractivity contribution in [1.29, 1.82) is 0 Å². The lowest BCUT2D eigenvalue weighted by Gasteiger charge is -2.18. The van der Waals surface area contributed by atoms with E-state index in [9.17, 15) is 14.3 Å². The molecule has 0 amide bonds. The van der Waals surface area contributed by atoms with Crippen molar-refractivity contribution in [2.24, 2.45) is 0 Å². The topological polar surface area (TPSA) is 69.2 Å². The highest BCUT2D eigenvalue weighted by atomic mass is 19.2. The van der Waals surface area contributed by atoms with Crippen molar-refractivity contribution in [2.75, 3.05) is 6.54 Å². The molecule has 1 aromatic heterocycles. The fraction of sp³-hybridized carbons (Fsp3) is 0.231. The molecular weight excluding hydrogens is 481 g/mol. The van der Waals surface area contributed by atoms with E-state index < -0.39 is 46.7 Å². The van der Waals surface area contributed by atoms with Crippen molar-refractivity contribution in [1.82, 2.24) is 14.9 Å². The molecule has 0 unspecified atom stereocenters. The lowest BCUT2D eigenvalue weighted by molar-refractivity contribution is 0.0699. The van der Waals surface area contributed by atoms with Crippen LogP contribution in [0.25, 0.3) is 33.3 Å². The highest BCUT2D eigenvalue weighted by molar-refractivity contribution is 6.03. The number of aromatic nitrogens is 2. The van der Waals surface area contributed by atoms with Gasteiger partial charge in [0.25, 0.3) is 0 Å². The number of carboxylic acid groups (broad SMARTS) is 1. The Kier molecular flexibility index (Phi) is 5.99. The zero-order valence-corrected chi connectivity index (χ0v) is 19.0. The highest BCUT2D eigenvalue weighted by Crippen LogP contribution is 2.38. The third-order valence-electron chi connectivity index (χ3n) is 6.40. The fourth-order valence-electron chi connectivity index (χ4n) is 4.66. The Balaban J connectivity index is 1.57. The molecule has 1 fully saturated rings. The van der Waals surface area contributed by atoms with Crippen LogP contribution in [0.5, 0.6) is 0 Å². The Morgan fingerprint density at radius 2 is 1.64 bits per heavy atom. The molecule has 1 atom stereocenters. The predicted octanol–water partition coefficient (Wildman–Crippen LogP) is 6.35. The van der Waals surface area contributed by atoms with Gasteiger partial charge in [-0.25, -0.2) is 31.7 Å². The van der Waals surface area contributed by atoms with Crippen LogP contribution in [0.2, 0.25) is 0 Å². The number of H-pyrrole nitrogens is 1. The van der Waals surface area contributed by atoms with Crippen LogP contribution in [0.4, 0.5) is 22.0 Å². The van der Waals surface area contributed by atoms with Crippen LogP contribution in [0.15, 0.2) is 36.4 Å². The third kappa shape index (κ3) is 4.01. The van der Waals surface area contributed by atoms with Gasteiger partial charge in [0.1, 0.15) is 11.3 Å². The Hall–Kier alpha value is -3.79. The number of hydrogen-bond donors (Lipinski definition) is 2. The summed E-state index contributed by atoms with van der Waals surface area (Å²) in [6.45, 7) is 2.46. The number of aromatic amines is 1. The predicted molar refractivity (Wildman–Crippen MR) is 123 cm³/mol. The number of likely N-dealkylation sites (tertiary alicyclic amines) is 1. The minimum atomic E-state index is -1.66. The molecule has 186 valence electrons. The van der Waals surface area contributed by atoms with Crippen LogP contribution in [-0.2, 0) is 6.54 Å². The van der Waals surface area contributed by atoms with E-state index in [0.29, 0.717) is 30.9 Å². The second-order valence-corrected chi connectivity index (χ2v) is 8.80. The molecule has 3 aromatic carbocycles. The summed E-state index contributed by atoms with van der Waals surface area (Å²) in [6.07, 6.45) is 0.128. The number of aryl methyl sites for hydroxylation is 1. The molecule has 2 heterocycles. The lowest BCUT2D eigenvalue weighted by atomic mass is 9.95. The number of rotatable bonds is 5. The fourth-order valence-corrected chi connectivity index (χ4v) is 4.66. The number of nitrogens with zero attached hydrogens (tertiary/aromatic N) is 2. The number of aromatic carboxylic acids is 1. The molecule has 0 saturated carbocycles. The Labute approximate surface area is 202 Å². The van der Waals surface area contributed by atoms with Crippen molar-refractivity contribution in [3.8, 4) is 22.3 Å². The van der Waals surface area contributed by atoms with Gasteiger partial charge in [0.2, 0.25) is 0 Å². The molecule has 1 saturated heterocycles. The number of carbonyl (C=O) groups is 1. The summed E-state index contributed by atoms with van der Waals surface area (Å²) in [7, 11) is 0. The number of fused-ring (bicyclic) bond motifs is 1. The molecule has 0 spiro atoms. The smallest absolute Gasteiger partial charge is 0.337 e. The second-order valence-electron chi connectivity index (χ2n) is 8.80. The van der Waals surface area contributed by atoms with Crippen molar-refractivity contribution in [2.45, 2.75) is 32.6 Å². The molecule has 2 N–H and O–H groups in total. The van der Waals surface area contributed by atoms with Gasteiger partial charge in [-0.1, -0.05) is 24.3 Å². The average Bonchev–Trinajstić information content (AvgIpc) is 3.42. The highest BCUT2D eigenvalue weighted by Gasteiger charge is 2.29. The quantitative estimate of drug-likeness (QED) is 0.190. The van der Waals surface area contributed by atoms with E-state index in [1.165, 1.54) is 30.3 Å². The van der Waals surface area contributed by atoms with Gasteiger partial charge in [-0.15, -0.1) is 0 Å². The second kappa shape index (κ2) is 9.02. The van der Waals surface area contributed by atoms with Gasteiger partial charge in [0, 0.05) is 13.1 Å². The number of nitrogens with one attached hydrogen (secondary N) is 1. The lowest BCUT2D eigenvalue weighted by Crippen LogP contribution is -2.25. The van der Waals surface area contributed by atoms with E-state index in [1.807, 2.05) is 0 Å². The summed E-state index contributed by atoms with van der Waals surface area (Å²) in [5.41, 5.74) is -1.85. The van der Waals surface area contributed by atoms with Crippen LogP contribution >= 0.6 is 0 Å². The zero-order valence-electron chi connectivity index (χ0n) is 19.0. The van der Waals surface area contributed by atoms with Crippen LogP contribution in [0.1, 0.15) is 34.6 Å². The van der Waals surface area contributed by atoms with Gasteiger partial charge >= 0.3 is 5.97 Å². The first kappa shape index (κ1) is 23.9. The first-order valence-electron chi connectivity index (χ1n) is 11.2. The van der Waals surface area contributed by atoms with Crippen LogP contribution < -0.4 is 0 Å². The molecule has 0 aliphatic carbocycles. The van der Waals surface area contributed by atoms with E-state index in [-0.39, 0.29) is 27.7 Å². The van der Waals surface area contributed by atoms with Crippen LogP contribution in [0, 0.1) is 30.2 Å². The average molecular weight is 501 g/mol. The Bertz CT molecular complexity index is 1470. The molecule has 36 heavy (non-hydrogen) atoms. The summed E-state index contributed by atoms with van der Waals surface area (Å²) in [6, 6.07) is 7.80. The van der Waals surface area contributed by atoms with Crippen molar-refractivity contribution >= 4 is 17.0 Å². The molecule has 10 heteroatoms. The van der Waals surface area contributed by atoms with Crippen molar-refractivity contribution in [3.05, 3.63) is 76.6 Å². The van der Waals surface area contributed by atoms with Crippen LogP contribution in [-0.4, -0.2) is 38.8 Å². The SMILES string of the molecule is Cc1nc2c(C(=O)O)cc(-c3c(F)c(F)c(-c4ccc(CN5CCC[C@H]5F)cc4)c(F)c3F)cc2[nH]1. The zero-order chi connectivity index (χ0) is 25.7. The molecule has 4 aromatic rings. The van der Waals surface area contributed by atoms with Crippen LogP contribution in [0.3, 0.4) is 0 Å². The maximum atomic E-state index is 15.2. The number of benzene rings is 3. The van der Waals surface area contributed by atoms with E-state index in [1.54, 1.807) is 11.8 Å². The molecule has 1 aliphatic heterocycles. The molecular formula is C26H20F5N3O2. The molecule has 0 bridgehead atoms. The summed E-state index contributed by atoms with van der Waals surface area (Å²) >= 11 is 0. The normalized spacial score (nSPS) is 16.2. The number of halogens is 5. The summed E-state index contributed by atoms with van der Waals surface area (Å²) in [4.78, 5) is 20.1. The Morgan fingerprint density at radius 1 is 1.03 bits per heavy atom. The van der Waals surface area contributed by atoms with Gasteiger partial charge in [0.05, 0.1) is 22.2 Å². The minimum Gasteiger partial charge on any atom is -0.478 e. The third-order valence-corrected chi connectivity index (χ3v) is 6.40. The summed E-state index contributed by atoms with van der Waals surface area (Å²) in [5, 5.41) is 9.52. The van der Waals surface area contributed by atoms with Gasteiger partial charge in [0.15, 0.2) is 29.6 Å².